The van der Waals surface area contributed by atoms with Gasteiger partial charge in [-0.15, -0.1) is 11.3 Å². The molecule has 0 radical (unpaired) electrons. The van der Waals surface area contributed by atoms with E-state index in [1.807, 2.05) is 0 Å². The SMILES string of the molecule is Nc1c(C(=O)NCCc2ccc(N3CCCCC3)cc2)sc2ncc(C(F)F)cc12. The molecule has 0 spiro atoms. The summed E-state index contributed by atoms with van der Waals surface area (Å²) in [5.74, 6) is -0.306. The number of amides is 1. The van der Waals surface area contributed by atoms with Crippen LogP contribution in [0.3, 0.4) is 0 Å². The highest BCUT2D eigenvalue weighted by molar-refractivity contribution is 7.21. The Bertz CT molecular complexity index is 1030. The lowest BCUT2D eigenvalue weighted by molar-refractivity contribution is 0.0959. The molecule has 2 aromatic heterocycles. The summed E-state index contributed by atoms with van der Waals surface area (Å²) in [6.07, 6.45) is 2.99. The van der Waals surface area contributed by atoms with Crippen LogP contribution >= 0.6 is 11.3 Å². The second kappa shape index (κ2) is 8.95. The first-order valence-corrected chi connectivity index (χ1v) is 10.9. The van der Waals surface area contributed by atoms with Gasteiger partial charge < -0.3 is 16.0 Å². The molecule has 3 heterocycles. The molecule has 5 nitrogen and oxygen atoms in total. The molecule has 0 saturated carbocycles. The van der Waals surface area contributed by atoms with Gasteiger partial charge >= 0.3 is 0 Å². The quantitative estimate of drug-likeness (QED) is 0.590. The minimum absolute atomic E-state index is 0.202. The number of aromatic nitrogens is 1. The van der Waals surface area contributed by atoms with Crippen LogP contribution in [0.15, 0.2) is 36.5 Å². The number of carbonyl (C=O) groups is 1. The van der Waals surface area contributed by atoms with E-state index in [-0.39, 0.29) is 17.2 Å². The highest BCUT2D eigenvalue weighted by Crippen LogP contribution is 2.34. The van der Waals surface area contributed by atoms with E-state index in [0.29, 0.717) is 28.1 Å². The maximum Gasteiger partial charge on any atom is 0.265 e. The topological polar surface area (TPSA) is 71.2 Å². The third-order valence-electron chi connectivity index (χ3n) is 5.42. The van der Waals surface area contributed by atoms with Crippen LogP contribution in [-0.2, 0) is 6.42 Å². The molecule has 1 aliphatic heterocycles. The monoisotopic (exact) mass is 430 g/mol. The summed E-state index contributed by atoms with van der Waals surface area (Å²) in [4.78, 5) is 19.8. The smallest absolute Gasteiger partial charge is 0.265 e. The van der Waals surface area contributed by atoms with Crippen molar-refractivity contribution in [1.29, 1.82) is 0 Å². The number of nitrogen functional groups attached to an aromatic ring is 1. The van der Waals surface area contributed by atoms with Crippen molar-refractivity contribution in [3.05, 3.63) is 52.5 Å². The zero-order valence-electron chi connectivity index (χ0n) is 16.5. The minimum atomic E-state index is -2.63. The van der Waals surface area contributed by atoms with E-state index in [0.717, 1.165) is 36.2 Å². The number of piperidine rings is 1. The molecular formula is C22H24F2N4OS. The van der Waals surface area contributed by atoms with Gasteiger partial charge in [0.05, 0.1) is 5.69 Å². The molecule has 1 amide bonds. The predicted molar refractivity (Wildman–Crippen MR) is 118 cm³/mol. The number of benzene rings is 1. The fraction of sp³-hybridized carbons (Fsp3) is 0.364. The van der Waals surface area contributed by atoms with Gasteiger partial charge in [0.1, 0.15) is 9.71 Å². The maximum atomic E-state index is 12.9. The van der Waals surface area contributed by atoms with Crippen LogP contribution in [0.5, 0.6) is 0 Å². The van der Waals surface area contributed by atoms with Gasteiger partial charge in [0.2, 0.25) is 0 Å². The lowest BCUT2D eigenvalue weighted by Crippen LogP contribution is -2.29. The van der Waals surface area contributed by atoms with Gasteiger partial charge in [-0.1, -0.05) is 12.1 Å². The number of carbonyl (C=O) groups excluding carboxylic acids is 1. The Labute approximate surface area is 177 Å². The van der Waals surface area contributed by atoms with Gasteiger partial charge in [0, 0.05) is 42.5 Å². The number of nitrogens with zero attached hydrogens (tertiary/aromatic N) is 2. The Balaban J connectivity index is 1.36. The second-order valence-corrected chi connectivity index (χ2v) is 8.49. The molecule has 1 aromatic carbocycles. The van der Waals surface area contributed by atoms with Crippen LogP contribution < -0.4 is 16.0 Å². The number of anilines is 2. The van der Waals surface area contributed by atoms with Crippen LogP contribution in [0.4, 0.5) is 20.2 Å². The average molecular weight is 431 g/mol. The Morgan fingerprint density at radius 3 is 2.63 bits per heavy atom. The number of fused-ring (bicyclic) bond motifs is 1. The van der Waals surface area contributed by atoms with Gasteiger partial charge in [-0.2, -0.15) is 0 Å². The zero-order valence-corrected chi connectivity index (χ0v) is 17.4. The van der Waals surface area contributed by atoms with Crippen LogP contribution in [-0.4, -0.2) is 30.5 Å². The number of pyridine rings is 1. The molecule has 1 fully saturated rings. The molecule has 4 rings (SSSR count). The first kappa shape index (κ1) is 20.5. The van der Waals surface area contributed by atoms with E-state index in [1.165, 1.54) is 31.0 Å². The number of nitrogens with one attached hydrogen (secondary N) is 1. The molecular weight excluding hydrogens is 406 g/mol. The molecule has 0 aliphatic carbocycles. The molecule has 0 unspecified atom stereocenters. The second-order valence-electron chi connectivity index (χ2n) is 7.49. The summed E-state index contributed by atoms with van der Waals surface area (Å²) in [7, 11) is 0. The fourth-order valence-corrected chi connectivity index (χ4v) is 4.69. The van der Waals surface area contributed by atoms with Gasteiger partial charge in [-0.3, -0.25) is 4.79 Å². The van der Waals surface area contributed by atoms with Crippen molar-refractivity contribution < 1.29 is 13.6 Å². The summed E-state index contributed by atoms with van der Waals surface area (Å²) in [5, 5.41) is 3.27. The third kappa shape index (κ3) is 4.38. The lowest BCUT2D eigenvalue weighted by Gasteiger charge is -2.28. The van der Waals surface area contributed by atoms with Crippen molar-refractivity contribution in [2.24, 2.45) is 0 Å². The van der Waals surface area contributed by atoms with E-state index < -0.39 is 6.43 Å². The Kier molecular flexibility index (Phi) is 6.13. The number of thiophene rings is 1. The number of alkyl halides is 2. The number of hydrogen-bond donors (Lipinski definition) is 2. The van der Waals surface area contributed by atoms with E-state index >= 15 is 0 Å². The maximum absolute atomic E-state index is 12.9. The van der Waals surface area contributed by atoms with Gasteiger partial charge in [0.15, 0.2) is 0 Å². The number of halogens is 2. The standard InChI is InChI=1S/C22H24F2N4OS/c23-20(24)15-12-17-18(25)19(30-22(17)27-13-15)21(29)26-9-8-14-4-6-16(7-5-14)28-10-2-1-3-11-28/h4-7,12-13,20H,1-3,8-11,25H2,(H,26,29). The minimum Gasteiger partial charge on any atom is -0.397 e. The molecule has 158 valence electrons. The average Bonchev–Trinajstić information content (AvgIpc) is 3.11. The van der Waals surface area contributed by atoms with Crippen molar-refractivity contribution in [2.75, 3.05) is 30.3 Å². The summed E-state index contributed by atoms with van der Waals surface area (Å²) >= 11 is 1.12. The van der Waals surface area contributed by atoms with Crippen LogP contribution in [0.1, 0.15) is 46.5 Å². The molecule has 8 heteroatoms. The molecule has 1 saturated heterocycles. The summed E-state index contributed by atoms with van der Waals surface area (Å²) in [6.45, 7) is 2.69. The predicted octanol–water partition coefficient (Wildman–Crippen LogP) is 4.78. The Morgan fingerprint density at radius 2 is 1.93 bits per heavy atom. The molecule has 30 heavy (non-hydrogen) atoms. The van der Waals surface area contributed by atoms with Crippen molar-refractivity contribution in [3.8, 4) is 0 Å². The normalized spacial score (nSPS) is 14.4. The van der Waals surface area contributed by atoms with Gasteiger partial charge in [-0.25, -0.2) is 13.8 Å². The molecule has 3 N–H and O–H groups in total. The summed E-state index contributed by atoms with van der Waals surface area (Å²) < 4.78 is 25.8. The summed E-state index contributed by atoms with van der Waals surface area (Å²) in [5.41, 5.74) is 8.43. The number of nitrogens with two attached hydrogens (primary N) is 1. The first-order valence-electron chi connectivity index (χ1n) is 10.1. The van der Waals surface area contributed by atoms with E-state index in [4.69, 9.17) is 5.73 Å². The van der Waals surface area contributed by atoms with E-state index in [9.17, 15) is 13.6 Å². The van der Waals surface area contributed by atoms with Gasteiger partial charge in [0.25, 0.3) is 12.3 Å². The van der Waals surface area contributed by atoms with Crippen LogP contribution in [0, 0.1) is 0 Å². The van der Waals surface area contributed by atoms with Crippen molar-refractivity contribution >= 4 is 38.8 Å². The fourth-order valence-electron chi connectivity index (χ4n) is 3.73. The highest BCUT2D eigenvalue weighted by atomic mass is 32.1. The Morgan fingerprint density at radius 1 is 1.20 bits per heavy atom. The largest absolute Gasteiger partial charge is 0.397 e. The van der Waals surface area contributed by atoms with E-state index in [1.54, 1.807) is 0 Å². The van der Waals surface area contributed by atoms with Gasteiger partial charge in [-0.05, 0) is 49.4 Å². The van der Waals surface area contributed by atoms with Crippen molar-refractivity contribution in [3.63, 3.8) is 0 Å². The van der Waals surface area contributed by atoms with Crippen molar-refractivity contribution in [1.82, 2.24) is 10.3 Å². The first-order chi connectivity index (χ1) is 14.5. The number of hydrogen-bond acceptors (Lipinski definition) is 5. The lowest BCUT2D eigenvalue weighted by atomic mass is 10.1. The third-order valence-corrected chi connectivity index (χ3v) is 6.55. The molecule has 0 bridgehead atoms. The number of rotatable bonds is 6. The zero-order chi connectivity index (χ0) is 21.1. The van der Waals surface area contributed by atoms with Crippen LogP contribution in [0.25, 0.3) is 10.2 Å². The molecule has 1 aliphatic rings. The highest BCUT2D eigenvalue weighted by Gasteiger charge is 2.19. The van der Waals surface area contributed by atoms with Crippen molar-refractivity contribution in [2.45, 2.75) is 32.1 Å². The molecule has 3 aromatic rings. The summed E-state index contributed by atoms with van der Waals surface area (Å²) in [6, 6.07) is 9.77. The van der Waals surface area contributed by atoms with Crippen LogP contribution in [0.2, 0.25) is 0 Å². The van der Waals surface area contributed by atoms with E-state index in [2.05, 4.69) is 39.5 Å². The Hall–Kier alpha value is -2.74. The molecule has 0 atom stereocenters.